The molecule has 3 N–H and O–H groups in total. The predicted octanol–water partition coefficient (Wildman–Crippen LogP) is 3.08. The van der Waals surface area contributed by atoms with Gasteiger partial charge in [-0.3, -0.25) is 20.0 Å². The average Bonchev–Trinajstić information content (AvgIpc) is 2.76. The first-order chi connectivity index (χ1) is 15.5. The highest BCUT2D eigenvalue weighted by molar-refractivity contribution is 5.93. The minimum absolute atomic E-state index is 0.191. The summed E-state index contributed by atoms with van der Waals surface area (Å²) < 4.78 is 0. The molecule has 1 aliphatic rings. The second-order valence-corrected chi connectivity index (χ2v) is 7.83. The second kappa shape index (κ2) is 11.9. The Morgan fingerprint density at radius 3 is 1.31 bits per heavy atom. The predicted molar refractivity (Wildman–Crippen MR) is 133 cm³/mol. The van der Waals surface area contributed by atoms with Crippen molar-refractivity contribution in [2.24, 2.45) is 20.0 Å². The van der Waals surface area contributed by atoms with Crippen LogP contribution in [-0.2, 0) is 0 Å². The van der Waals surface area contributed by atoms with Crippen molar-refractivity contribution in [3.63, 3.8) is 0 Å². The quantitative estimate of drug-likeness (QED) is 0.595. The lowest BCUT2D eigenvalue weighted by Crippen LogP contribution is -2.20. The Balaban J connectivity index is 1.78. The first-order valence-electron chi connectivity index (χ1n) is 10.9. The molecule has 7 heteroatoms. The summed E-state index contributed by atoms with van der Waals surface area (Å²) in [5.74, 6) is 0.382. The molecular formula is C25H31N5O2. The summed E-state index contributed by atoms with van der Waals surface area (Å²) in [5.41, 5.74) is 4.84. The van der Waals surface area contributed by atoms with E-state index in [1.54, 1.807) is 24.9 Å². The molecule has 168 valence electrons. The lowest BCUT2D eigenvalue weighted by Gasteiger charge is -2.06. The van der Waals surface area contributed by atoms with E-state index in [4.69, 9.17) is 0 Å². The van der Waals surface area contributed by atoms with Crippen molar-refractivity contribution < 1.29 is 10.2 Å². The van der Waals surface area contributed by atoms with Gasteiger partial charge in [-0.25, -0.2) is 0 Å². The van der Waals surface area contributed by atoms with E-state index in [2.05, 4.69) is 25.3 Å². The van der Waals surface area contributed by atoms with E-state index in [0.29, 0.717) is 61.5 Å². The number of aryl methyl sites for hydroxylation is 2. The third-order valence-corrected chi connectivity index (χ3v) is 4.96. The van der Waals surface area contributed by atoms with Crippen LogP contribution in [0.15, 0.2) is 44.2 Å². The van der Waals surface area contributed by atoms with E-state index < -0.39 is 0 Å². The molecule has 1 aliphatic heterocycles. The third kappa shape index (κ3) is 6.85. The lowest BCUT2D eigenvalue weighted by molar-refractivity contribution is 0.473. The fourth-order valence-electron chi connectivity index (χ4n) is 3.38. The van der Waals surface area contributed by atoms with E-state index in [1.807, 2.05) is 38.1 Å². The zero-order chi connectivity index (χ0) is 22.8. The Hall–Kier alpha value is -3.32. The van der Waals surface area contributed by atoms with Gasteiger partial charge in [-0.15, -0.1) is 0 Å². The second-order valence-electron chi connectivity index (χ2n) is 7.83. The molecule has 0 saturated carbocycles. The van der Waals surface area contributed by atoms with Gasteiger partial charge in [0.05, 0.1) is 13.1 Å². The molecule has 2 aromatic rings. The minimum atomic E-state index is 0.191. The maximum Gasteiger partial charge on any atom is 0.133 e. The Morgan fingerprint density at radius 1 is 0.594 bits per heavy atom. The van der Waals surface area contributed by atoms with E-state index >= 15 is 0 Å². The normalized spacial score (nSPS) is 15.8. The molecule has 0 radical (unpaired) electrons. The summed E-state index contributed by atoms with van der Waals surface area (Å²) in [6, 6.07) is 7.65. The van der Waals surface area contributed by atoms with Crippen LogP contribution in [-0.4, -0.2) is 74.3 Å². The highest BCUT2D eigenvalue weighted by Crippen LogP contribution is 2.23. The summed E-state index contributed by atoms with van der Waals surface area (Å²) in [4.78, 5) is 17.7. The van der Waals surface area contributed by atoms with Crippen LogP contribution in [0.4, 0.5) is 0 Å². The van der Waals surface area contributed by atoms with Crippen LogP contribution < -0.4 is 5.32 Å². The Morgan fingerprint density at radius 2 is 0.938 bits per heavy atom. The number of rotatable bonds is 0. The van der Waals surface area contributed by atoms with Gasteiger partial charge >= 0.3 is 0 Å². The first-order valence-corrected chi connectivity index (χ1v) is 10.9. The fraction of sp³-hybridized carbons (Fsp3) is 0.360. The topological polar surface area (TPSA) is 102 Å². The molecule has 0 spiro atoms. The number of fused-ring (bicyclic) bond motifs is 4. The summed E-state index contributed by atoms with van der Waals surface area (Å²) in [5, 5.41) is 24.4. The Bertz CT molecular complexity index is 960. The molecule has 0 aromatic heterocycles. The standard InChI is InChI=1S/C25H31N5O2/c1-18-10-20-14-27-4-3-5-28-15-21-11-19(2)13-23(25(21)32)17-30-9-7-26-6-8-29-16-22(12-18)24(20)31/h10-17,26,31-32H,3-9H2,1-2H3. The van der Waals surface area contributed by atoms with Crippen LogP contribution in [0.3, 0.4) is 0 Å². The summed E-state index contributed by atoms with van der Waals surface area (Å²) in [6.45, 7) is 7.79. The molecule has 3 rings (SSSR count). The molecule has 7 nitrogen and oxygen atoms in total. The van der Waals surface area contributed by atoms with E-state index in [0.717, 1.165) is 17.5 Å². The number of aliphatic imine (C=N–C) groups is 4. The van der Waals surface area contributed by atoms with Crippen LogP contribution in [0.1, 0.15) is 39.8 Å². The van der Waals surface area contributed by atoms with Crippen LogP contribution in [0.2, 0.25) is 0 Å². The smallest absolute Gasteiger partial charge is 0.133 e. The van der Waals surface area contributed by atoms with Crippen molar-refractivity contribution in [3.05, 3.63) is 57.6 Å². The summed E-state index contributed by atoms with van der Waals surface area (Å²) in [6.07, 6.45) is 7.59. The minimum Gasteiger partial charge on any atom is -0.507 e. The van der Waals surface area contributed by atoms with Crippen LogP contribution in [0, 0.1) is 13.8 Å². The SMILES string of the molecule is Cc1cc2c(O)c(c1)C=NCCNCCN=Cc1cc(C)cc(c1O)C=NCCCN=C2. The maximum absolute atomic E-state index is 10.5. The third-order valence-electron chi connectivity index (χ3n) is 4.96. The van der Waals surface area contributed by atoms with Gasteiger partial charge in [0.15, 0.2) is 0 Å². The number of phenols is 2. The van der Waals surface area contributed by atoms with Gasteiger partial charge in [-0.2, -0.15) is 0 Å². The average molecular weight is 434 g/mol. The number of nitrogens with one attached hydrogen (secondary N) is 1. The first kappa shape index (κ1) is 23.3. The van der Waals surface area contributed by atoms with Gasteiger partial charge in [0.1, 0.15) is 11.5 Å². The van der Waals surface area contributed by atoms with Gasteiger partial charge in [0.2, 0.25) is 0 Å². The molecule has 0 fully saturated rings. The number of hydrogen-bond donors (Lipinski definition) is 3. The highest BCUT2D eigenvalue weighted by atomic mass is 16.3. The van der Waals surface area contributed by atoms with Crippen molar-refractivity contribution in [2.45, 2.75) is 20.3 Å². The van der Waals surface area contributed by atoms with Crippen LogP contribution >= 0.6 is 0 Å². The van der Waals surface area contributed by atoms with Crippen molar-refractivity contribution in [2.75, 3.05) is 39.3 Å². The van der Waals surface area contributed by atoms with Crippen molar-refractivity contribution in [3.8, 4) is 11.5 Å². The highest BCUT2D eigenvalue weighted by Gasteiger charge is 2.07. The number of benzene rings is 2. The van der Waals surface area contributed by atoms with Gasteiger partial charge < -0.3 is 15.5 Å². The summed E-state index contributed by atoms with van der Waals surface area (Å²) in [7, 11) is 0. The van der Waals surface area contributed by atoms with Gasteiger partial charge in [0, 0.05) is 73.3 Å². The van der Waals surface area contributed by atoms with Crippen molar-refractivity contribution in [1.82, 2.24) is 5.32 Å². The van der Waals surface area contributed by atoms with Crippen LogP contribution in [0.5, 0.6) is 11.5 Å². The van der Waals surface area contributed by atoms with Gasteiger partial charge in [-0.1, -0.05) is 0 Å². The van der Waals surface area contributed by atoms with Crippen molar-refractivity contribution >= 4 is 24.9 Å². The Kier molecular flexibility index (Phi) is 8.69. The molecule has 4 bridgehead atoms. The van der Waals surface area contributed by atoms with E-state index in [1.165, 1.54) is 0 Å². The fourth-order valence-corrected chi connectivity index (χ4v) is 3.38. The molecule has 0 atom stereocenters. The Labute approximate surface area is 189 Å². The van der Waals surface area contributed by atoms with Gasteiger partial charge in [-0.05, 0) is 55.7 Å². The van der Waals surface area contributed by atoms with Gasteiger partial charge in [0.25, 0.3) is 0 Å². The number of nitrogens with zero attached hydrogens (tertiary/aromatic N) is 4. The van der Waals surface area contributed by atoms with E-state index in [9.17, 15) is 10.2 Å². The molecule has 1 heterocycles. The summed E-state index contributed by atoms with van der Waals surface area (Å²) >= 11 is 0. The number of hydrogen-bond acceptors (Lipinski definition) is 7. The number of phenolic OH excluding ortho intramolecular Hbond substituents is 2. The monoisotopic (exact) mass is 433 g/mol. The van der Waals surface area contributed by atoms with Crippen LogP contribution in [0.25, 0.3) is 0 Å². The molecule has 32 heavy (non-hydrogen) atoms. The zero-order valence-electron chi connectivity index (χ0n) is 18.8. The largest absolute Gasteiger partial charge is 0.507 e. The molecule has 0 unspecified atom stereocenters. The molecule has 0 aliphatic carbocycles. The number of aromatic hydroxyl groups is 2. The molecular weight excluding hydrogens is 402 g/mol. The van der Waals surface area contributed by atoms with E-state index in [-0.39, 0.29) is 11.5 Å². The zero-order valence-corrected chi connectivity index (χ0v) is 18.8. The molecule has 2 aromatic carbocycles. The molecule has 0 amide bonds. The van der Waals surface area contributed by atoms with Crippen molar-refractivity contribution in [1.29, 1.82) is 0 Å². The molecule has 0 saturated heterocycles. The lowest BCUT2D eigenvalue weighted by atomic mass is 10.1. The maximum atomic E-state index is 10.5.